The van der Waals surface area contributed by atoms with Crippen LogP contribution in [-0.4, -0.2) is 6.54 Å². The van der Waals surface area contributed by atoms with E-state index in [2.05, 4.69) is 59.1 Å². The fourth-order valence-corrected chi connectivity index (χ4v) is 3.04. The van der Waals surface area contributed by atoms with Crippen LogP contribution in [0.5, 0.6) is 0 Å². The molecule has 0 aliphatic carbocycles. The number of benzene rings is 2. The van der Waals surface area contributed by atoms with Crippen LogP contribution in [0.1, 0.15) is 30.5 Å². The van der Waals surface area contributed by atoms with Gasteiger partial charge in [0.1, 0.15) is 0 Å². The Labute approximate surface area is 150 Å². The monoisotopic (exact) mass is 433 g/mol. The Hall–Kier alpha value is -0.290. The maximum atomic E-state index is 6.36. The van der Waals surface area contributed by atoms with Gasteiger partial charge in [-0.05, 0) is 83.4 Å². The smallest absolute Gasteiger partial charge is 0.0454 e. The van der Waals surface area contributed by atoms with Gasteiger partial charge in [0, 0.05) is 19.7 Å². The SMILES string of the molecule is CCCNC(Cc1ccc(I)cc1)c1cc(Cl)ccc1Cl. The molecule has 4 heteroatoms. The van der Waals surface area contributed by atoms with Crippen LogP contribution >= 0.6 is 45.8 Å². The highest BCUT2D eigenvalue weighted by molar-refractivity contribution is 14.1. The molecule has 0 aromatic heterocycles. The van der Waals surface area contributed by atoms with Gasteiger partial charge in [0.15, 0.2) is 0 Å². The summed E-state index contributed by atoms with van der Waals surface area (Å²) >= 11 is 14.8. The lowest BCUT2D eigenvalue weighted by Crippen LogP contribution is -2.24. The standard InChI is InChI=1S/C17H18Cl2IN/c1-2-9-21-17(10-12-3-6-14(20)7-4-12)15-11-13(18)5-8-16(15)19/h3-8,11,17,21H,2,9-10H2,1H3. The van der Waals surface area contributed by atoms with Crippen molar-refractivity contribution in [1.29, 1.82) is 0 Å². The summed E-state index contributed by atoms with van der Waals surface area (Å²) < 4.78 is 1.25. The molecule has 21 heavy (non-hydrogen) atoms. The summed E-state index contributed by atoms with van der Waals surface area (Å²) in [5.41, 5.74) is 2.36. The van der Waals surface area contributed by atoms with Crippen LogP contribution in [-0.2, 0) is 6.42 Å². The zero-order chi connectivity index (χ0) is 15.2. The molecule has 0 radical (unpaired) electrons. The molecular formula is C17H18Cl2IN. The van der Waals surface area contributed by atoms with E-state index in [1.54, 1.807) is 0 Å². The molecule has 1 atom stereocenters. The molecule has 0 aliphatic heterocycles. The van der Waals surface area contributed by atoms with Gasteiger partial charge in [0.25, 0.3) is 0 Å². The fraction of sp³-hybridized carbons (Fsp3) is 0.294. The zero-order valence-electron chi connectivity index (χ0n) is 11.9. The highest BCUT2D eigenvalue weighted by Gasteiger charge is 2.15. The third-order valence-corrected chi connectivity index (χ3v) is 4.63. The molecule has 2 aromatic rings. The van der Waals surface area contributed by atoms with Gasteiger partial charge in [-0.15, -0.1) is 0 Å². The predicted octanol–water partition coefficient (Wildman–Crippen LogP) is 5.88. The summed E-state index contributed by atoms with van der Waals surface area (Å²) in [6.45, 7) is 3.12. The molecule has 2 rings (SSSR count). The number of hydrogen-bond acceptors (Lipinski definition) is 1. The van der Waals surface area contributed by atoms with Gasteiger partial charge < -0.3 is 5.32 Å². The average Bonchev–Trinajstić information content (AvgIpc) is 2.48. The minimum absolute atomic E-state index is 0.177. The van der Waals surface area contributed by atoms with Crippen LogP contribution in [0, 0.1) is 3.57 Å². The molecule has 0 heterocycles. The first-order valence-corrected chi connectivity index (χ1v) is 8.86. The first-order chi connectivity index (χ1) is 10.1. The van der Waals surface area contributed by atoms with Gasteiger partial charge >= 0.3 is 0 Å². The van der Waals surface area contributed by atoms with Crippen LogP contribution in [0.2, 0.25) is 10.0 Å². The lowest BCUT2D eigenvalue weighted by molar-refractivity contribution is 0.529. The first kappa shape index (κ1) is 17.1. The van der Waals surface area contributed by atoms with Crippen LogP contribution in [0.4, 0.5) is 0 Å². The molecule has 0 bridgehead atoms. The topological polar surface area (TPSA) is 12.0 Å². The van der Waals surface area contributed by atoms with E-state index in [4.69, 9.17) is 23.2 Å². The average molecular weight is 434 g/mol. The number of nitrogens with one attached hydrogen (secondary N) is 1. The third-order valence-electron chi connectivity index (χ3n) is 3.33. The molecule has 0 amide bonds. The number of rotatable bonds is 6. The molecule has 2 aromatic carbocycles. The van der Waals surface area contributed by atoms with Crippen LogP contribution in [0.3, 0.4) is 0 Å². The van der Waals surface area contributed by atoms with Crippen molar-refractivity contribution in [1.82, 2.24) is 5.32 Å². The van der Waals surface area contributed by atoms with E-state index in [1.807, 2.05) is 18.2 Å². The van der Waals surface area contributed by atoms with Crippen molar-refractivity contribution in [3.05, 3.63) is 67.2 Å². The van der Waals surface area contributed by atoms with Gasteiger partial charge in [0.05, 0.1) is 0 Å². The Balaban J connectivity index is 2.25. The zero-order valence-corrected chi connectivity index (χ0v) is 15.5. The fourth-order valence-electron chi connectivity index (χ4n) is 2.25. The van der Waals surface area contributed by atoms with Crippen molar-refractivity contribution < 1.29 is 0 Å². The van der Waals surface area contributed by atoms with Crippen LogP contribution in [0.15, 0.2) is 42.5 Å². The van der Waals surface area contributed by atoms with E-state index >= 15 is 0 Å². The van der Waals surface area contributed by atoms with Crippen molar-refractivity contribution in [3.63, 3.8) is 0 Å². The van der Waals surface area contributed by atoms with Gasteiger partial charge in [-0.2, -0.15) is 0 Å². The normalized spacial score (nSPS) is 12.4. The van der Waals surface area contributed by atoms with Gasteiger partial charge in [-0.1, -0.05) is 42.3 Å². The summed E-state index contributed by atoms with van der Waals surface area (Å²) in [6.07, 6.45) is 1.98. The van der Waals surface area contributed by atoms with Gasteiger partial charge in [-0.25, -0.2) is 0 Å². The third kappa shape index (κ3) is 5.13. The second-order valence-electron chi connectivity index (χ2n) is 5.00. The molecule has 1 N–H and O–H groups in total. The molecule has 0 spiro atoms. The minimum Gasteiger partial charge on any atom is -0.310 e. The molecular weight excluding hydrogens is 416 g/mol. The molecule has 112 valence electrons. The quantitative estimate of drug-likeness (QED) is 0.560. The van der Waals surface area contributed by atoms with Gasteiger partial charge in [0.2, 0.25) is 0 Å². The van der Waals surface area contributed by atoms with E-state index in [9.17, 15) is 0 Å². The van der Waals surface area contributed by atoms with E-state index < -0.39 is 0 Å². The molecule has 0 fully saturated rings. The van der Waals surface area contributed by atoms with Gasteiger partial charge in [-0.3, -0.25) is 0 Å². The van der Waals surface area contributed by atoms with Crippen molar-refractivity contribution in [2.75, 3.05) is 6.54 Å². The second-order valence-corrected chi connectivity index (χ2v) is 7.09. The number of halogens is 3. The molecule has 0 saturated carbocycles. The molecule has 0 aliphatic rings. The van der Waals surface area contributed by atoms with Crippen molar-refractivity contribution in [2.24, 2.45) is 0 Å². The highest BCUT2D eigenvalue weighted by atomic mass is 127. The van der Waals surface area contributed by atoms with Crippen molar-refractivity contribution in [3.8, 4) is 0 Å². The Morgan fingerprint density at radius 2 is 1.81 bits per heavy atom. The summed E-state index contributed by atoms with van der Waals surface area (Å²) in [5, 5.41) is 5.06. The Kier molecular flexibility index (Phi) is 6.80. The summed E-state index contributed by atoms with van der Waals surface area (Å²) in [5.74, 6) is 0. The van der Waals surface area contributed by atoms with E-state index in [0.29, 0.717) is 0 Å². The molecule has 0 saturated heterocycles. The summed E-state index contributed by atoms with van der Waals surface area (Å²) in [6, 6.07) is 14.4. The molecule has 1 unspecified atom stereocenters. The Morgan fingerprint density at radius 3 is 2.48 bits per heavy atom. The highest BCUT2D eigenvalue weighted by Crippen LogP contribution is 2.29. The van der Waals surface area contributed by atoms with E-state index in [0.717, 1.165) is 35.0 Å². The predicted molar refractivity (Wildman–Crippen MR) is 100 cm³/mol. The number of hydrogen-bond donors (Lipinski definition) is 1. The Bertz CT molecular complexity index is 584. The largest absolute Gasteiger partial charge is 0.310 e. The van der Waals surface area contributed by atoms with Crippen LogP contribution < -0.4 is 5.32 Å². The van der Waals surface area contributed by atoms with Crippen molar-refractivity contribution in [2.45, 2.75) is 25.8 Å². The van der Waals surface area contributed by atoms with E-state index in [1.165, 1.54) is 9.13 Å². The maximum absolute atomic E-state index is 6.36. The minimum atomic E-state index is 0.177. The summed E-state index contributed by atoms with van der Waals surface area (Å²) in [7, 11) is 0. The lowest BCUT2D eigenvalue weighted by atomic mass is 9.98. The first-order valence-electron chi connectivity index (χ1n) is 7.03. The Morgan fingerprint density at radius 1 is 1.10 bits per heavy atom. The summed E-state index contributed by atoms with van der Waals surface area (Å²) in [4.78, 5) is 0. The lowest BCUT2D eigenvalue weighted by Gasteiger charge is -2.21. The maximum Gasteiger partial charge on any atom is 0.0454 e. The van der Waals surface area contributed by atoms with Crippen LogP contribution in [0.25, 0.3) is 0 Å². The second kappa shape index (κ2) is 8.37. The van der Waals surface area contributed by atoms with Crippen molar-refractivity contribution >= 4 is 45.8 Å². The van der Waals surface area contributed by atoms with E-state index in [-0.39, 0.29) is 6.04 Å². The molecule has 1 nitrogen and oxygen atoms in total.